The van der Waals surface area contributed by atoms with Crippen molar-refractivity contribution in [1.82, 2.24) is 15.5 Å². The van der Waals surface area contributed by atoms with Gasteiger partial charge in [-0.1, -0.05) is 19.3 Å². The van der Waals surface area contributed by atoms with E-state index in [-0.39, 0.29) is 30.5 Å². The molecule has 0 aromatic carbocycles. The van der Waals surface area contributed by atoms with Crippen LogP contribution in [0.5, 0.6) is 0 Å². The number of rotatable bonds is 7. The van der Waals surface area contributed by atoms with Gasteiger partial charge in [-0.2, -0.15) is 13.2 Å². The highest BCUT2D eigenvalue weighted by atomic mass is 127. The van der Waals surface area contributed by atoms with Gasteiger partial charge in [0, 0.05) is 26.2 Å². The van der Waals surface area contributed by atoms with Crippen molar-refractivity contribution in [1.29, 1.82) is 0 Å². The summed E-state index contributed by atoms with van der Waals surface area (Å²) in [5.74, 6) is 0.435. The summed E-state index contributed by atoms with van der Waals surface area (Å²) in [6.07, 6.45) is 2.53. The number of alkyl halides is 3. The normalized spacial score (nSPS) is 17.0. The molecular weight excluding hydrogens is 420 g/mol. The first-order valence-electron chi connectivity index (χ1n) is 8.14. The van der Waals surface area contributed by atoms with Gasteiger partial charge in [0.25, 0.3) is 0 Å². The van der Waals surface area contributed by atoms with E-state index in [1.165, 1.54) is 32.1 Å². The maximum Gasteiger partial charge on any atom is 0.390 e. The number of hydrogen-bond donors (Lipinski definition) is 2. The molecule has 4 nitrogen and oxygen atoms in total. The van der Waals surface area contributed by atoms with Gasteiger partial charge in [-0.15, -0.1) is 24.0 Å². The van der Waals surface area contributed by atoms with E-state index < -0.39 is 12.6 Å². The van der Waals surface area contributed by atoms with Crippen LogP contribution in [0.4, 0.5) is 13.2 Å². The molecule has 1 aliphatic rings. The summed E-state index contributed by atoms with van der Waals surface area (Å²) in [5, 5.41) is 5.74. The van der Waals surface area contributed by atoms with Crippen LogP contribution in [0.25, 0.3) is 0 Å². The van der Waals surface area contributed by atoms with E-state index in [4.69, 9.17) is 0 Å². The third-order valence-corrected chi connectivity index (χ3v) is 4.10. The third kappa shape index (κ3) is 11.0. The van der Waals surface area contributed by atoms with E-state index in [2.05, 4.69) is 27.6 Å². The van der Waals surface area contributed by atoms with Crippen LogP contribution in [-0.4, -0.2) is 56.8 Å². The van der Waals surface area contributed by atoms with E-state index in [0.717, 1.165) is 13.0 Å². The lowest BCUT2D eigenvalue weighted by atomic mass is 9.94. The Morgan fingerprint density at radius 2 is 1.74 bits per heavy atom. The first-order valence-corrected chi connectivity index (χ1v) is 8.14. The molecule has 0 aromatic heterocycles. The quantitative estimate of drug-likeness (QED) is 0.271. The van der Waals surface area contributed by atoms with Crippen LogP contribution in [0.3, 0.4) is 0 Å². The Labute approximate surface area is 154 Å². The molecule has 138 valence electrons. The van der Waals surface area contributed by atoms with Crippen molar-refractivity contribution in [2.75, 3.05) is 33.7 Å². The predicted molar refractivity (Wildman–Crippen MR) is 99.6 cm³/mol. The van der Waals surface area contributed by atoms with Crippen molar-refractivity contribution in [2.45, 2.75) is 57.2 Å². The van der Waals surface area contributed by atoms with Crippen molar-refractivity contribution < 1.29 is 13.2 Å². The summed E-state index contributed by atoms with van der Waals surface area (Å²) in [7, 11) is 3.73. The average molecular weight is 450 g/mol. The molecule has 2 N–H and O–H groups in total. The Bertz CT molecular complexity index is 331. The second-order valence-corrected chi connectivity index (χ2v) is 5.92. The zero-order chi connectivity index (χ0) is 16.4. The van der Waals surface area contributed by atoms with Crippen LogP contribution in [-0.2, 0) is 0 Å². The van der Waals surface area contributed by atoms with Crippen molar-refractivity contribution in [3.8, 4) is 0 Å². The predicted octanol–water partition coefficient (Wildman–Crippen LogP) is 3.38. The van der Waals surface area contributed by atoms with Gasteiger partial charge in [-0.05, 0) is 32.9 Å². The molecule has 1 saturated carbocycles. The Kier molecular flexibility index (Phi) is 12.0. The number of aliphatic imine (C=N–C) groups is 1. The van der Waals surface area contributed by atoms with Gasteiger partial charge in [0.15, 0.2) is 5.96 Å². The van der Waals surface area contributed by atoms with Gasteiger partial charge in [-0.3, -0.25) is 4.99 Å². The van der Waals surface area contributed by atoms with Crippen LogP contribution in [0, 0.1) is 0 Å². The molecule has 0 aliphatic heterocycles. The molecule has 23 heavy (non-hydrogen) atoms. The maximum absolute atomic E-state index is 12.1. The van der Waals surface area contributed by atoms with Gasteiger partial charge >= 0.3 is 6.18 Å². The van der Waals surface area contributed by atoms with Gasteiger partial charge in [0.05, 0.1) is 6.42 Å². The molecule has 1 rings (SSSR count). The molecule has 0 aromatic rings. The monoisotopic (exact) mass is 450 g/mol. The topological polar surface area (TPSA) is 39.7 Å². The summed E-state index contributed by atoms with van der Waals surface area (Å²) in [6.45, 7) is 1.56. The minimum Gasteiger partial charge on any atom is -0.356 e. The SMILES string of the molecule is CN=C(NCCCN(C)C1CCCCC1)NCCC(F)(F)F.I. The molecule has 8 heteroatoms. The Morgan fingerprint density at radius 1 is 1.13 bits per heavy atom. The molecule has 1 fully saturated rings. The smallest absolute Gasteiger partial charge is 0.356 e. The van der Waals surface area contributed by atoms with Crippen molar-refractivity contribution in [2.24, 2.45) is 4.99 Å². The highest BCUT2D eigenvalue weighted by Gasteiger charge is 2.26. The second-order valence-electron chi connectivity index (χ2n) is 5.92. The number of guanidine groups is 1. The largest absolute Gasteiger partial charge is 0.390 e. The molecule has 0 atom stereocenters. The molecule has 0 heterocycles. The standard InChI is InChI=1S/C15H29F3N4.HI/c1-19-14(21-11-9-15(16,17)18)20-10-6-12-22(2)13-7-4-3-5-8-13;/h13H,3-12H2,1-2H3,(H2,19,20,21);1H. The fourth-order valence-corrected chi connectivity index (χ4v) is 2.78. The Hall–Kier alpha value is -0.250. The number of nitrogens with zero attached hydrogens (tertiary/aromatic N) is 2. The lowest BCUT2D eigenvalue weighted by Crippen LogP contribution is -2.40. The average Bonchev–Trinajstić information content (AvgIpc) is 2.49. The highest BCUT2D eigenvalue weighted by Crippen LogP contribution is 2.21. The summed E-state index contributed by atoms with van der Waals surface area (Å²) < 4.78 is 36.2. The molecular formula is C15H30F3IN4. The fraction of sp³-hybridized carbons (Fsp3) is 0.933. The fourth-order valence-electron chi connectivity index (χ4n) is 2.78. The van der Waals surface area contributed by atoms with E-state index in [1.807, 2.05) is 0 Å². The zero-order valence-corrected chi connectivity index (χ0v) is 16.4. The molecule has 0 amide bonds. The molecule has 0 bridgehead atoms. The summed E-state index contributed by atoms with van der Waals surface area (Å²) in [4.78, 5) is 6.33. The van der Waals surface area contributed by atoms with E-state index in [9.17, 15) is 13.2 Å². The lowest BCUT2D eigenvalue weighted by molar-refractivity contribution is -0.132. The van der Waals surface area contributed by atoms with Crippen molar-refractivity contribution in [3.05, 3.63) is 0 Å². The Balaban J connectivity index is 0.00000484. The van der Waals surface area contributed by atoms with Gasteiger partial charge in [0.1, 0.15) is 0 Å². The summed E-state index contributed by atoms with van der Waals surface area (Å²) in [5.41, 5.74) is 0. The van der Waals surface area contributed by atoms with E-state index >= 15 is 0 Å². The number of nitrogens with one attached hydrogen (secondary N) is 2. The molecule has 0 radical (unpaired) electrons. The van der Waals surface area contributed by atoms with E-state index in [1.54, 1.807) is 7.05 Å². The van der Waals surface area contributed by atoms with Crippen LogP contribution >= 0.6 is 24.0 Å². The number of halogens is 4. The van der Waals surface area contributed by atoms with E-state index in [0.29, 0.717) is 18.5 Å². The molecule has 0 saturated heterocycles. The van der Waals surface area contributed by atoms with Crippen LogP contribution in [0.1, 0.15) is 44.9 Å². The van der Waals surface area contributed by atoms with Gasteiger partial charge in [0.2, 0.25) is 0 Å². The van der Waals surface area contributed by atoms with Crippen LogP contribution in [0.15, 0.2) is 4.99 Å². The molecule has 0 unspecified atom stereocenters. The third-order valence-electron chi connectivity index (χ3n) is 4.10. The summed E-state index contributed by atoms with van der Waals surface area (Å²) in [6, 6.07) is 0.693. The number of hydrogen-bond acceptors (Lipinski definition) is 2. The maximum atomic E-state index is 12.1. The van der Waals surface area contributed by atoms with Crippen molar-refractivity contribution >= 4 is 29.9 Å². The lowest BCUT2D eigenvalue weighted by Gasteiger charge is -2.31. The van der Waals surface area contributed by atoms with Crippen LogP contribution in [0.2, 0.25) is 0 Å². The minimum atomic E-state index is -4.13. The molecule has 0 spiro atoms. The first-order chi connectivity index (χ1) is 10.4. The zero-order valence-electron chi connectivity index (χ0n) is 14.1. The Morgan fingerprint density at radius 3 is 2.30 bits per heavy atom. The second kappa shape index (κ2) is 12.2. The van der Waals surface area contributed by atoms with Crippen LogP contribution < -0.4 is 10.6 Å². The van der Waals surface area contributed by atoms with Gasteiger partial charge < -0.3 is 15.5 Å². The van der Waals surface area contributed by atoms with Crippen molar-refractivity contribution in [3.63, 3.8) is 0 Å². The summed E-state index contributed by atoms with van der Waals surface area (Å²) >= 11 is 0. The molecule has 1 aliphatic carbocycles. The highest BCUT2D eigenvalue weighted by molar-refractivity contribution is 14.0. The minimum absolute atomic E-state index is 0. The first kappa shape index (κ1) is 22.8. The van der Waals surface area contributed by atoms with Gasteiger partial charge in [-0.25, -0.2) is 0 Å².